The molecule has 0 aromatic heterocycles. The van der Waals surface area contributed by atoms with E-state index in [0.29, 0.717) is 15.8 Å². The molecule has 3 aromatic carbocycles. The quantitative estimate of drug-likeness (QED) is 0.305. The maximum atomic E-state index is 13.0. The summed E-state index contributed by atoms with van der Waals surface area (Å²) in [5, 5.41) is 2.45. The number of thiocarbonyl (C=S) groups is 1. The molecule has 162 valence electrons. The van der Waals surface area contributed by atoms with Crippen LogP contribution in [0.15, 0.2) is 71.6 Å². The summed E-state index contributed by atoms with van der Waals surface area (Å²) in [5.74, 6) is 0.869. The molecule has 5 heteroatoms. The van der Waals surface area contributed by atoms with E-state index in [2.05, 4.69) is 36.4 Å². The van der Waals surface area contributed by atoms with Crippen LogP contribution < -0.4 is 4.74 Å². The van der Waals surface area contributed by atoms with Gasteiger partial charge in [0.2, 0.25) is 0 Å². The molecule has 5 rings (SSSR count). The zero-order valence-corrected chi connectivity index (χ0v) is 19.5. The van der Waals surface area contributed by atoms with Gasteiger partial charge < -0.3 is 4.74 Å². The summed E-state index contributed by atoms with van der Waals surface area (Å²) >= 11 is 6.95. The summed E-state index contributed by atoms with van der Waals surface area (Å²) in [5.41, 5.74) is 2.12. The molecular weight excluding hydrogens is 434 g/mol. The molecule has 32 heavy (non-hydrogen) atoms. The van der Waals surface area contributed by atoms with Crippen molar-refractivity contribution in [2.75, 3.05) is 0 Å². The van der Waals surface area contributed by atoms with Crippen LogP contribution in [0.1, 0.15) is 43.2 Å². The van der Waals surface area contributed by atoms with Gasteiger partial charge in [-0.1, -0.05) is 91.8 Å². The highest BCUT2D eigenvalue weighted by atomic mass is 32.2. The van der Waals surface area contributed by atoms with Gasteiger partial charge in [-0.25, -0.2) is 0 Å². The summed E-state index contributed by atoms with van der Waals surface area (Å²) in [6, 6.07) is 22.9. The van der Waals surface area contributed by atoms with Crippen LogP contribution in [0.5, 0.6) is 5.75 Å². The third kappa shape index (κ3) is 4.59. The molecule has 1 saturated heterocycles. The van der Waals surface area contributed by atoms with Crippen molar-refractivity contribution in [3.05, 3.63) is 82.8 Å². The number of hydrogen-bond acceptors (Lipinski definition) is 4. The highest BCUT2D eigenvalue weighted by molar-refractivity contribution is 8.26. The maximum absolute atomic E-state index is 13.0. The molecule has 1 heterocycles. The van der Waals surface area contributed by atoms with Gasteiger partial charge in [0, 0.05) is 6.04 Å². The van der Waals surface area contributed by atoms with Crippen molar-refractivity contribution in [1.82, 2.24) is 4.90 Å². The monoisotopic (exact) mass is 459 g/mol. The Bertz CT molecular complexity index is 1180. The minimum atomic E-state index is 0.0588. The highest BCUT2D eigenvalue weighted by Crippen LogP contribution is 2.37. The second-order valence-electron chi connectivity index (χ2n) is 8.38. The molecule has 0 atom stereocenters. The maximum Gasteiger partial charge on any atom is 0.266 e. The summed E-state index contributed by atoms with van der Waals surface area (Å²) < 4.78 is 6.68. The fourth-order valence-electron chi connectivity index (χ4n) is 4.44. The normalized spacial score (nSPS) is 18.6. The molecular formula is C27H25NO2S2. The zero-order valence-electron chi connectivity index (χ0n) is 17.8. The van der Waals surface area contributed by atoms with Crippen molar-refractivity contribution in [2.45, 2.75) is 44.8 Å². The molecule has 0 radical (unpaired) electrons. The van der Waals surface area contributed by atoms with Gasteiger partial charge in [-0.2, -0.15) is 0 Å². The summed E-state index contributed by atoms with van der Waals surface area (Å²) in [7, 11) is 0. The number of fused-ring (bicyclic) bond motifs is 1. The van der Waals surface area contributed by atoms with E-state index in [1.165, 1.54) is 41.8 Å². The van der Waals surface area contributed by atoms with Crippen molar-refractivity contribution in [3.8, 4) is 5.75 Å². The Morgan fingerprint density at radius 3 is 2.50 bits per heavy atom. The number of benzene rings is 3. The lowest BCUT2D eigenvalue weighted by Gasteiger charge is -2.29. The summed E-state index contributed by atoms with van der Waals surface area (Å²) in [6.07, 6.45) is 7.68. The molecule has 3 aromatic rings. The second-order valence-corrected chi connectivity index (χ2v) is 10.1. The van der Waals surface area contributed by atoms with E-state index in [4.69, 9.17) is 17.0 Å². The number of amides is 1. The number of nitrogens with zero attached hydrogens (tertiary/aromatic N) is 1. The molecule has 1 aliphatic carbocycles. The predicted octanol–water partition coefficient (Wildman–Crippen LogP) is 6.95. The minimum absolute atomic E-state index is 0.0588. The van der Waals surface area contributed by atoms with Crippen LogP contribution >= 0.6 is 24.0 Å². The van der Waals surface area contributed by atoms with Crippen LogP contribution in [0.2, 0.25) is 0 Å². The van der Waals surface area contributed by atoms with Crippen molar-refractivity contribution >= 4 is 51.1 Å². The predicted molar refractivity (Wildman–Crippen MR) is 137 cm³/mol. The van der Waals surface area contributed by atoms with E-state index >= 15 is 0 Å². The largest absolute Gasteiger partial charge is 0.489 e. The number of carbonyl (C=O) groups excluding carboxylic acids is 1. The molecule has 0 bridgehead atoms. The van der Waals surface area contributed by atoms with Crippen LogP contribution in [0.4, 0.5) is 0 Å². The lowest BCUT2D eigenvalue weighted by molar-refractivity contribution is -0.124. The molecule has 1 amide bonds. The molecule has 2 fully saturated rings. The number of thioether (sulfide) groups is 1. The molecule has 1 saturated carbocycles. The van der Waals surface area contributed by atoms with Gasteiger partial charge in [0.15, 0.2) is 0 Å². The second kappa shape index (κ2) is 9.47. The first-order valence-electron chi connectivity index (χ1n) is 11.1. The standard InChI is InChI=1S/C27H25NO2S2/c29-26-25(32-27(31)28(26)23-8-2-1-3-9-23)17-19-11-14-24(15-12-19)30-18-20-10-13-21-6-4-5-7-22(21)16-20/h4-7,10-17,23H,1-3,8-9,18H2/b25-17+. The first kappa shape index (κ1) is 21.2. The molecule has 0 N–H and O–H groups in total. The van der Waals surface area contributed by atoms with E-state index in [1.54, 1.807) is 0 Å². The Balaban J connectivity index is 1.23. The summed E-state index contributed by atoms with van der Waals surface area (Å²) in [4.78, 5) is 15.5. The van der Waals surface area contributed by atoms with Crippen LogP contribution in [0, 0.1) is 0 Å². The summed E-state index contributed by atoms with van der Waals surface area (Å²) in [6.45, 7) is 0.518. The molecule has 1 aliphatic heterocycles. The molecule has 3 nitrogen and oxygen atoms in total. The third-order valence-electron chi connectivity index (χ3n) is 6.16. The van der Waals surface area contributed by atoms with Gasteiger partial charge in [-0.3, -0.25) is 9.69 Å². The smallest absolute Gasteiger partial charge is 0.266 e. The van der Waals surface area contributed by atoms with Crippen LogP contribution in [-0.4, -0.2) is 21.2 Å². The Labute approximate surface area is 198 Å². The fraction of sp³-hybridized carbons (Fsp3) is 0.259. The van der Waals surface area contributed by atoms with Crippen molar-refractivity contribution < 1.29 is 9.53 Å². The Morgan fingerprint density at radius 2 is 1.72 bits per heavy atom. The average molecular weight is 460 g/mol. The van der Waals surface area contributed by atoms with E-state index in [-0.39, 0.29) is 11.9 Å². The lowest BCUT2D eigenvalue weighted by atomic mass is 9.94. The first-order chi connectivity index (χ1) is 15.7. The minimum Gasteiger partial charge on any atom is -0.489 e. The van der Waals surface area contributed by atoms with Crippen LogP contribution in [0.3, 0.4) is 0 Å². The van der Waals surface area contributed by atoms with Gasteiger partial charge in [0.1, 0.15) is 16.7 Å². The third-order valence-corrected chi connectivity index (χ3v) is 7.49. The SMILES string of the molecule is O=C1/C(=C\c2ccc(OCc3ccc4ccccc4c3)cc2)SC(=S)N1C1CCCCC1. The highest BCUT2D eigenvalue weighted by Gasteiger charge is 2.37. The van der Waals surface area contributed by atoms with E-state index in [9.17, 15) is 4.79 Å². The number of carbonyl (C=O) groups is 1. The average Bonchev–Trinajstić information content (AvgIpc) is 3.11. The van der Waals surface area contributed by atoms with E-state index in [0.717, 1.165) is 29.7 Å². The van der Waals surface area contributed by atoms with E-state index in [1.807, 2.05) is 41.3 Å². The van der Waals surface area contributed by atoms with Gasteiger partial charge in [-0.05, 0) is 59.0 Å². The molecule has 2 aliphatic rings. The zero-order chi connectivity index (χ0) is 21.9. The number of ether oxygens (including phenoxy) is 1. The van der Waals surface area contributed by atoms with Crippen molar-refractivity contribution in [1.29, 1.82) is 0 Å². The van der Waals surface area contributed by atoms with Gasteiger partial charge in [-0.15, -0.1) is 0 Å². The van der Waals surface area contributed by atoms with Crippen LogP contribution in [-0.2, 0) is 11.4 Å². The number of hydrogen-bond donors (Lipinski definition) is 0. The van der Waals surface area contributed by atoms with Gasteiger partial charge in [0.25, 0.3) is 5.91 Å². The Kier molecular flexibility index (Phi) is 6.28. The Morgan fingerprint density at radius 1 is 0.969 bits per heavy atom. The first-order valence-corrected chi connectivity index (χ1v) is 12.4. The molecule has 0 spiro atoms. The van der Waals surface area contributed by atoms with Crippen molar-refractivity contribution in [3.63, 3.8) is 0 Å². The Hall–Kier alpha value is -2.63. The van der Waals surface area contributed by atoms with Gasteiger partial charge in [0.05, 0.1) is 4.91 Å². The van der Waals surface area contributed by atoms with E-state index < -0.39 is 0 Å². The fourth-order valence-corrected chi connectivity index (χ4v) is 5.84. The number of rotatable bonds is 5. The van der Waals surface area contributed by atoms with Gasteiger partial charge >= 0.3 is 0 Å². The molecule has 0 unspecified atom stereocenters. The van der Waals surface area contributed by atoms with Crippen LogP contribution in [0.25, 0.3) is 16.8 Å². The topological polar surface area (TPSA) is 29.5 Å². The lowest BCUT2D eigenvalue weighted by Crippen LogP contribution is -2.39. The van der Waals surface area contributed by atoms with Crippen molar-refractivity contribution in [2.24, 2.45) is 0 Å².